The average Bonchev–Trinajstić information content (AvgIpc) is 2.94. The fraction of sp³-hybridized carbons (Fsp3) is 0.600. The van der Waals surface area contributed by atoms with Crippen LogP contribution in [0.2, 0.25) is 0 Å². The number of nitrogens with zero attached hydrogens (tertiary/aromatic N) is 2. The van der Waals surface area contributed by atoms with Crippen molar-refractivity contribution in [3.63, 3.8) is 0 Å². The van der Waals surface area contributed by atoms with E-state index in [1.807, 2.05) is 9.80 Å². The first-order valence-corrected chi connectivity index (χ1v) is 9.16. The van der Waals surface area contributed by atoms with Crippen LogP contribution in [0.25, 0.3) is 0 Å². The maximum absolute atomic E-state index is 13.3. The lowest BCUT2D eigenvalue weighted by molar-refractivity contribution is -0.128. The van der Waals surface area contributed by atoms with E-state index in [0.717, 1.165) is 25.9 Å². The molecule has 3 rings (SSSR count). The second kappa shape index (κ2) is 7.35. The molecule has 0 radical (unpaired) electrons. The summed E-state index contributed by atoms with van der Waals surface area (Å²) in [4.78, 5) is 28.4. The third kappa shape index (κ3) is 3.47. The zero-order valence-corrected chi connectivity index (χ0v) is 15.8. The van der Waals surface area contributed by atoms with Crippen LogP contribution in [0.1, 0.15) is 35.7 Å². The molecule has 1 aromatic carbocycles. The van der Waals surface area contributed by atoms with E-state index < -0.39 is 0 Å². The van der Waals surface area contributed by atoms with E-state index in [4.69, 9.17) is 4.74 Å². The first-order valence-electron chi connectivity index (χ1n) is 9.16. The largest absolute Gasteiger partial charge is 0.384 e. The smallest absolute Gasteiger partial charge is 0.254 e. The predicted octanol–water partition coefficient (Wildman–Crippen LogP) is 2.48. The summed E-state index contributed by atoms with van der Waals surface area (Å²) in [5.74, 6) is 0.0426. The molecule has 1 spiro atoms. The molecule has 2 amide bonds. The fourth-order valence-electron chi connectivity index (χ4n) is 4.46. The maximum Gasteiger partial charge on any atom is 0.254 e. The molecule has 0 saturated carbocycles. The van der Waals surface area contributed by atoms with E-state index in [2.05, 4.69) is 0 Å². The van der Waals surface area contributed by atoms with Crippen LogP contribution in [0.15, 0.2) is 18.2 Å². The fourth-order valence-corrected chi connectivity index (χ4v) is 4.46. The van der Waals surface area contributed by atoms with Crippen molar-refractivity contribution in [2.75, 3.05) is 39.9 Å². The van der Waals surface area contributed by atoms with Crippen molar-refractivity contribution < 1.29 is 18.7 Å². The molecule has 0 N–H and O–H groups in total. The zero-order valence-electron chi connectivity index (χ0n) is 15.8. The number of ether oxygens (including phenoxy) is 1. The first kappa shape index (κ1) is 18.8. The second-order valence-corrected chi connectivity index (χ2v) is 7.67. The van der Waals surface area contributed by atoms with Crippen LogP contribution in [0, 0.1) is 24.1 Å². The molecule has 1 atom stereocenters. The highest BCUT2D eigenvalue weighted by atomic mass is 19.1. The van der Waals surface area contributed by atoms with Gasteiger partial charge in [0.1, 0.15) is 5.82 Å². The van der Waals surface area contributed by atoms with E-state index in [1.165, 1.54) is 12.1 Å². The Kier molecular flexibility index (Phi) is 5.32. The van der Waals surface area contributed by atoms with Crippen LogP contribution in [-0.4, -0.2) is 61.5 Å². The number of methoxy groups -OCH3 is 1. The number of benzene rings is 1. The number of rotatable bonds is 3. The van der Waals surface area contributed by atoms with E-state index in [1.54, 1.807) is 27.0 Å². The molecule has 0 aliphatic carbocycles. The Bertz CT molecular complexity index is 698. The molecule has 2 heterocycles. The van der Waals surface area contributed by atoms with Crippen LogP contribution in [0.3, 0.4) is 0 Å². The summed E-state index contributed by atoms with van der Waals surface area (Å²) in [7, 11) is 1.69. The van der Waals surface area contributed by atoms with Crippen LogP contribution in [-0.2, 0) is 9.53 Å². The summed E-state index contributed by atoms with van der Waals surface area (Å²) in [6.07, 6.45) is 1.72. The van der Waals surface area contributed by atoms with Crippen molar-refractivity contribution in [1.29, 1.82) is 0 Å². The standard InChI is InChI=1S/C20H27FN2O3/c1-14-10-17(21)4-5-18(14)19(25)22-8-6-20(7-9-22)13-23(15(2)24)11-16(20)12-26-3/h4-5,10,16H,6-9,11-13H2,1-3H3/t16-/m0/s1. The SMILES string of the molecule is COC[C@@H]1CN(C(C)=O)CC12CCN(C(=O)c1ccc(F)cc1C)CC2. The minimum atomic E-state index is -0.325. The average molecular weight is 362 g/mol. The van der Waals surface area contributed by atoms with Gasteiger partial charge in [-0.15, -0.1) is 0 Å². The Morgan fingerprint density at radius 3 is 2.54 bits per heavy atom. The Morgan fingerprint density at radius 2 is 1.96 bits per heavy atom. The first-order chi connectivity index (χ1) is 12.4. The molecule has 0 bridgehead atoms. The van der Waals surface area contributed by atoms with Crippen molar-refractivity contribution in [1.82, 2.24) is 9.80 Å². The van der Waals surface area contributed by atoms with E-state index in [9.17, 15) is 14.0 Å². The van der Waals surface area contributed by atoms with Gasteiger partial charge in [0.25, 0.3) is 5.91 Å². The van der Waals surface area contributed by atoms with Crippen LogP contribution in [0.5, 0.6) is 0 Å². The molecule has 6 heteroatoms. The van der Waals surface area contributed by atoms with Crippen molar-refractivity contribution in [2.45, 2.75) is 26.7 Å². The predicted molar refractivity (Wildman–Crippen MR) is 96.3 cm³/mol. The maximum atomic E-state index is 13.3. The van der Waals surface area contributed by atoms with E-state index >= 15 is 0 Å². The van der Waals surface area contributed by atoms with Gasteiger partial charge in [-0.1, -0.05) is 0 Å². The number of carbonyl (C=O) groups is 2. The molecule has 2 aliphatic rings. The topological polar surface area (TPSA) is 49.9 Å². The quantitative estimate of drug-likeness (QED) is 0.830. The molecule has 142 valence electrons. The molecule has 2 fully saturated rings. The Morgan fingerprint density at radius 1 is 1.27 bits per heavy atom. The summed E-state index contributed by atoms with van der Waals surface area (Å²) < 4.78 is 18.7. The number of hydrogen-bond acceptors (Lipinski definition) is 3. The highest BCUT2D eigenvalue weighted by Crippen LogP contribution is 2.45. The number of likely N-dealkylation sites (tertiary alicyclic amines) is 2. The van der Waals surface area contributed by atoms with Crippen molar-refractivity contribution in [3.05, 3.63) is 35.1 Å². The lowest BCUT2D eigenvalue weighted by atomic mass is 9.71. The number of piperidine rings is 1. The molecule has 2 aliphatic heterocycles. The molecule has 5 nitrogen and oxygen atoms in total. The van der Waals surface area contributed by atoms with Gasteiger partial charge < -0.3 is 14.5 Å². The lowest BCUT2D eigenvalue weighted by Gasteiger charge is -2.42. The normalized spacial score (nSPS) is 22.1. The van der Waals surface area contributed by atoms with Gasteiger partial charge in [-0.3, -0.25) is 9.59 Å². The van der Waals surface area contributed by atoms with Gasteiger partial charge in [-0.05, 0) is 48.9 Å². The van der Waals surface area contributed by atoms with Crippen LogP contribution in [0.4, 0.5) is 4.39 Å². The van der Waals surface area contributed by atoms with Crippen LogP contribution >= 0.6 is 0 Å². The minimum Gasteiger partial charge on any atom is -0.384 e. The molecule has 2 saturated heterocycles. The summed E-state index contributed by atoms with van der Waals surface area (Å²) in [5.41, 5.74) is 1.25. The van der Waals surface area contributed by atoms with Gasteiger partial charge in [0.05, 0.1) is 6.61 Å². The van der Waals surface area contributed by atoms with E-state index in [0.29, 0.717) is 36.7 Å². The van der Waals surface area contributed by atoms with Gasteiger partial charge in [0, 0.05) is 51.7 Å². The summed E-state index contributed by atoms with van der Waals surface area (Å²) in [6, 6.07) is 4.30. The molecular formula is C20H27FN2O3. The van der Waals surface area contributed by atoms with Crippen molar-refractivity contribution in [2.24, 2.45) is 11.3 Å². The molecular weight excluding hydrogens is 335 g/mol. The van der Waals surface area contributed by atoms with Gasteiger partial charge in [0.2, 0.25) is 5.91 Å². The molecule has 0 unspecified atom stereocenters. The third-order valence-corrected chi connectivity index (χ3v) is 6.09. The van der Waals surface area contributed by atoms with Gasteiger partial charge in [0.15, 0.2) is 0 Å². The van der Waals surface area contributed by atoms with Gasteiger partial charge >= 0.3 is 0 Å². The lowest BCUT2D eigenvalue weighted by Crippen LogP contribution is -2.47. The summed E-state index contributed by atoms with van der Waals surface area (Å²) >= 11 is 0. The highest BCUT2D eigenvalue weighted by Gasteiger charge is 2.49. The monoisotopic (exact) mass is 362 g/mol. The van der Waals surface area contributed by atoms with Gasteiger partial charge in [-0.25, -0.2) is 4.39 Å². The second-order valence-electron chi connectivity index (χ2n) is 7.67. The zero-order chi connectivity index (χ0) is 18.9. The highest BCUT2D eigenvalue weighted by molar-refractivity contribution is 5.95. The van der Waals surface area contributed by atoms with Crippen molar-refractivity contribution in [3.8, 4) is 0 Å². The van der Waals surface area contributed by atoms with Crippen molar-refractivity contribution >= 4 is 11.8 Å². The Labute approximate surface area is 154 Å². The van der Waals surface area contributed by atoms with Gasteiger partial charge in [-0.2, -0.15) is 0 Å². The Balaban J connectivity index is 1.71. The molecule has 1 aromatic rings. The third-order valence-electron chi connectivity index (χ3n) is 6.09. The molecule has 26 heavy (non-hydrogen) atoms. The number of halogens is 1. The molecule has 0 aromatic heterocycles. The number of hydrogen-bond donors (Lipinski definition) is 0. The number of aryl methyl sites for hydroxylation is 1. The minimum absolute atomic E-state index is 0.0241. The summed E-state index contributed by atoms with van der Waals surface area (Å²) in [5, 5.41) is 0. The number of amides is 2. The summed E-state index contributed by atoms with van der Waals surface area (Å²) in [6.45, 7) is 6.79. The van der Waals surface area contributed by atoms with Crippen LogP contribution < -0.4 is 0 Å². The number of carbonyl (C=O) groups excluding carboxylic acids is 2. The Hall–Kier alpha value is -1.95. The van der Waals surface area contributed by atoms with E-state index in [-0.39, 0.29) is 23.0 Å².